The maximum absolute atomic E-state index is 15.2. The summed E-state index contributed by atoms with van der Waals surface area (Å²) in [5.41, 5.74) is 4.09. The zero-order valence-electron chi connectivity index (χ0n) is 21.0. The van der Waals surface area contributed by atoms with Crippen LogP contribution in [0.5, 0.6) is 0 Å². The first-order valence-corrected chi connectivity index (χ1v) is 12.9. The Labute approximate surface area is 223 Å². The number of rotatable bonds is 5. The van der Waals surface area contributed by atoms with E-state index in [0.717, 1.165) is 36.1 Å². The van der Waals surface area contributed by atoms with Crippen molar-refractivity contribution in [1.82, 2.24) is 29.7 Å². The Balaban J connectivity index is 1.18. The predicted octanol–water partition coefficient (Wildman–Crippen LogP) is 5.90. The standard InChI is InChI=1S/C28H27FN6O4/c29-20-13-18(9-10-19(20)22-15-31-26(33-22)24-4-2-12-35(24)28(38)39)16-5-7-17(8-6-16)21-14-30-25(32-21)23-3-1-11-34(23)27(36)37/h5-10,13-15,23-24H,1-4,11-12H2,(H,30,32)(H,31,33)(H,36,37)(H,38,39). The highest BCUT2D eigenvalue weighted by molar-refractivity contribution is 5.72. The van der Waals surface area contributed by atoms with Gasteiger partial charge in [-0.2, -0.15) is 0 Å². The van der Waals surface area contributed by atoms with Crippen LogP contribution in [-0.4, -0.2) is 65.2 Å². The minimum absolute atomic E-state index is 0.266. The van der Waals surface area contributed by atoms with Gasteiger partial charge in [0.15, 0.2) is 0 Å². The van der Waals surface area contributed by atoms with Crippen molar-refractivity contribution < 1.29 is 24.2 Å². The molecule has 39 heavy (non-hydrogen) atoms. The highest BCUT2D eigenvalue weighted by Gasteiger charge is 2.33. The molecule has 0 aliphatic carbocycles. The maximum atomic E-state index is 15.2. The van der Waals surface area contributed by atoms with E-state index in [1.807, 2.05) is 30.3 Å². The minimum Gasteiger partial charge on any atom is -0.465 e. The van der Waals surface area contributed by atoms with Gasteiger partial charge in [0, 0.05) is 18.7 Å². The van der Waals surface area contributed by atoms with E-state index in [2.05, 4.69) is 19.9 Å². The molecule has 2 aliphatic rings. The molecule has 2 aliphatic heterocycles. The lowest BCUT2D eigenvalue weighted by Gasteiger charge is -2.19. The van der Waals surface area contributed by atoms with Crippen molar-refractivity contribution in [3.63, 3.8) is 0 Å². The van der Waals surface area contributed by atoms with Crippen molar-refractivity contribution >= 4 is 12.2 Å². The van der Waals surface area contributed by atoms with Crippen molar-refractivity contribution in [3.8, 4) is 33.6 Å². The van der Waals surface area contributed by atoms with E-state index in [0.29, 0.717) is 48.0 Å². The Morgan fingerprint density at radius 1 is 0.769 bits per heavy atom. The van der Waals surface area contributed by atoms with Crippen LogP contribution < -0.4 is 0 Å². The van der Waals surface area contributed by atoms with E-state index in [9.17, 15) is 19.8 Å². The first-order valence-electron chi connectivity index (χ1n) is 12.9. The number of hydrogen-bond acceptors (Lipinski definition) is 4. The molecule has 0 spiro atoms. The molecule has 2 fully saturated rings. The van der Waals surface area contributed by atoms with Crippen LogP contribution in [-0.2, 0) is 0 Å². The predicted molar refractivity (Wildman–Crippen MR) is 140 cm³/mol. The molecule has 2 unspecified atom stereocenters. The van der Waals surface area contributed by atoms with Crippen LogP contribution in [0.25, 0.3) is 33.6 Å². The number of benzene rings is 2. The summed E-state index contributed by atoms with van der Waals surface area (Å²) in [6, 6.07) is 12.0. The molecule has 2 amide bonds. The van der Waals surface area contributed by atoms with Gasteiger partial charge < -0.3 is 20.2 Å². The van der Waals surface area contributed by atoms with Gasteiger partial charge in [-0.3, -0.25) is 9.80 Å². The SMILES string of the molecule is O=C(O)N1CCCC1c1ncc(-c2ccc(-c3ccc(-c4cnc(C5CCCN5C(=O)O)[nH]4)c(F)c3)cc2)[nH]1. The Morgan fingerprint density at radius 3 is 1.85 bits per heavy atom. The maximum Gasteiger partial charge on any atom is 0.407 e. The second-order valence-corrected chi connectivity index (χ2v) is 9.90. The van der Waals surface area contributed by atoms with Gasteiger partial charge >= 0.3 is 12.2 Å². The summed E-state index contributed by atoms with van der Waals surface area (Å²) in [5, 5.41) is 18.8. The number of carboxylic acid groups (broad SMARTS) is 2. The summed E-state index contributed by atoms with van der Waals surface area (Å²) in [7, 11) is 0. The van der Waals surface area contributed by atoms with Gasteiger partial charge in [-0.15, -0.1) is 0 Å². The van der Waals surface area contributed by atoms with E-state index in [1.165, 1.54) is 15.9 Å². The monoisotopic (exact) mass is 530 g/mol. The minimum atomic E-state index is -0.983. The van der Waals surface area contributed by atoms with E-state index in [4.69, 9.17) is 0 Å². The zero-order chi connectivity index (χ0) is 27.1. The van der Waals surface area contributed by atoms with Gasteiger partial charge in [0.1, 0.15) is 17.5 Å². The molecule has 2 aromatic heterocycles. The summed E-state index contributed by atoms with van der Waals surface area (Å²) in [4.78, 5) is 40.9. The summed E-state index contributed by atoms with van der Waals surface area (Å²) in [6.45, 7) is 0.967. The number of carbonyl (C=O) groups is 2. The number of nitrogens with one attached hydrogen (secondary N) is 2. The van der Waals surface area contributed by atoms with Gasteiger partial charge in [-0.1, -0.05) is 30.3 Å². The molecule has 2 saturated heterocycles. The highest BCUT2D eigenvalue weighted by Crippen LogP contribution is 2.34. The quantitative estimate of drug-likeness (QED) is 0.253. The molecule has 10 nitrogen and oxygen atoms in total. The van der Waals surface area contributed by atoms with E-state index in [-0.39, 0.29) is 12.1 Å². The van der Waals surface area contributed by atoms with E-state index < -0.39 is 18.0 Å². The molecule has 0 bridgehead atoms. The lowest BCUT2D eigenvalue weighted by Crippen LogP contribution is -2.29. The lowest BCUT2D eigenvalue weighted by atomic mass is 10.0. The average molecular weight is 531 g/mol. The summed E-state index contributed by atoms with van der Waals surface area (Å²) in [5.74, 6) is 0.748. The summed E-state index contributed by atoms with van der Waals surface area (Å²) >= 11 is 0. The molecule has 11 heteroatoms. The normalized spacial score (nSPS) is 19.1. The molecule has 4 heterocycles. The van der Waals surface area contributed by atoms with Crippen molar-refractivity contribution in [2.24, 2.45) is 0 Å². The molecular formula is C28H27FN6O4. The van der Waals surface area contributed by atoms with Gasteiger partial charge in [-0.25, -0.2) is 23.9 Å². The van der Waals surface area contributed by atoms with E-state index in [1.54, 1.807) is 18.5 Å². The molecule has 4 aromatic rings. The van der Waals surface area contributed by atoms with Crippen LogP contribution in [0.4, 0.5) is 14.0 Å². The number of H-pyrrole nitrogens is 2. The highest BCUT2D eigenvalue weighted by atomic mass is 19.1. The summed E-state index contributed by atoms with van der Waals surface area (Å²) in [6.07, 6.45) is 4.31. The van der Waals surface area contributed by atoms with Gasteiger partial charge in [0.05, 0.1) is 35.9 Å². The Morgan fingerprint density at radius 2 is 1.28 bits per heavy atom. The lowest BCUT2D eigenvalue weighted by molar-refractivity contribution is 0.138. The molecule has 4 N–H and O–H groups in total. The second kappa shape index (κ2) is 9.90. The molecule has 2 aromatic carbocycles. The van der Waals surface area contributed by atoms with Crippen molar-refractivity contribution in [2.45, 2.75) is 37.8 Å². The third-order valence-electron chi connectivity index (χ3n) is 7.61. The molecule has 2 atom stereocenters. The third-order valence-corrected chi connectivity index (χ3v) is 7.61. The molecule has 0 radical (unpaired) electrons. The number of aromatic nitrogens is 4. The number of halogens is 1. The van der Waals surface area contributed by atoms with Crippen molar-refractivity contribution in [1.29, 1.82) is 0 Å². The number of nitrogens with zero attached hydrogens (tertiary/aromatic N) is 4. The largest absolute Gasteiger partial charge is 0.465 e. The number of amides is 2. The van der Waals surface area contributed by atoms with Crippen LogP contribution in [0.1, 0.15) is 49.4 Å². The van der Waals surface area contributed by atoms with Gasteiger partial charge in [0.2, 0.25) is 0 Å². The molecular weight excluding hydrogens is 503 g/mol. The van der Waals surface area contributed by atoms with Crippen LogP contribution in [0.3, 0.4) is 0 Å². The van der Waals surface area contributed by atoms with Crippen LogP contribution >= 0.6 is 0 Å². The number of imidazole rings is 2. The molecule has 6 rings (SSSR count). The fourth-order valence-electron chi connectivity index (χ4n) is 5.61. The summed E-state index contributed by atoms with van der Waals surface area (Å²) < 4.78 is 15.2. The smallest absolute Gasteiger partial charge is 0.407 e. The van der Waals surface area contributed by atoms with Crippen molar-refractivity contribution in [3.05, 3.63) is 72.3 Å². The number of hydrogen-bond donors (Lipinski definition) is 4. The topological polar surface area (TPSA) is 138 Å². The third kappa shape index (κ3) is 4.60. The second-order valence-electron chi connectivity index (χ2n) is 9.90. The fourth-order valence-corrected chi connectivity index (χ4v) is 5.61. The van der Waals surface area contributed by atoms with E-state index >= 15 is 4.39 Å². The number of aromatic amines is 2. The Kier molecular flexibility index (Phi) is 6.26. The number of likely N-dealkylation sites (tertiary alicyclic amines) is 2. The van der Waals surface area contributed by atoms with Crippen LogP contribution in [0.2, 0.25) is 0 Å². The average Bonchev–Trinajstić information content (AvgIpc) is 3.74. The van der Waals surface area contributed by atoms with Crippen LogP contribution in [0, 0.1) is 5.82 Å². The molecule has 200 valence electrons. The first kappa shape index (κ1) is 24.7. The van der Waals surface area contributed by atoms with Crippen molar-refractivity contribution in [2.75, 3.05) is 13.1 Å². The first-order chi connectivity index (χ1) is 18.9. The van der Waals surface area contributed by atoms with Gasteiger partial charge in [-0.05, 0) is 54.5 Å². The Hall–Kier alpha value is -4.67. The zero-order valence-corrected chi connectivity index (χ0v) is 21.0. The molecule has 0 saturated carbocycles. The van der Waals surface area contributed by atoms with Crippen LogP contribution in [0.15, 0.2) is 54.9 Å². The Bertz CT molecular complexity index is 1530. The fraction of sp³-hybridized carbons (Fsp3) is 0.286. The van der Waals surface area contributed by atoms with Gasteiger partial charge in [0.25, 0.3) is 0 Å².